The maximum atomic E-state index is 13.4. The van der Waals surface area contributed by atoms with Crippen LogP contribution in [0.2, 0.25) is 0 Å². The van der Waals surface area contributed by atoms with E-state index < -0.39 is 0 Å². The Kier molecular flexibility index (Phi) is 2.82. The van der Waals surface area contributed by atoms with Crippen molar-refractivity contribution in [1.29, 1.82) is 0 Å². The van der Waals surface area contributed by atoms with Crippen LogP contribution >= 0.6 is 0 Å². The van der Waals surface area contributed by atoms with Gasteiger partial charge in [-0.1, -0.05) is 18.2 Å². The van der Waals surface area contributed by atoms with Gasteiger partial charge in [-0.05, 0) is 41.8 Å². The molecule has 0 atom stereocenters. The Labute approximate surface area is 137 Å². The highest BCUT2D eigenvalue weighted by atomic mass is 19.1. The van der Waals surface area contributed by atoms with Crippen molar-refractivity contribution in [3.8, 4) is 0 Å². The van der Waals surface area contributed by atoms with Gasteiger partial charge in [0.1, 0.15) is 23.2 Å². The van der Waals surface area contributed by atoms with Gasteiger partial charge in [-0.15, -0.1) is 0 Å². The molecule has 0 unspecified atom stereocenters. The molecule has 2 aromatic heterocycles. The van der Waals surface area contributed by atoms with E-state index in [1.165, 1.54) is 6.07 Å². The smallest absolute Gasteiger partial charge is 0.196 e. The summed E-state index contributed by atoms with van der Waals surface area (Å²) >= 11 is 0. The molecule has 4 nitrogen and oxygen atoms in total. The van der Waals surface area contributed by atoms with Gasteiger partial charge in [0.05, 0.1) is 0 Å². The number of nitrogens with zero attached hydrogens (tertiary/aromatic N) is 3. The van der Waals surface area contributed by atoms with Gasteiger partial charge in [0.25, 0.3) is 0 Å². The standard InChI is InChI=1S/C19H14FN3O/c20-14-6-5-13-10-23(8-7-12(13)9-14)19-18-17(21-11-22-19)15-3-1-2-4-16(15)24-18/h1-6,9,11H,7-8,10H2. The van der Waals surface area contributed by atoms with E-state index in [0.29, 0.717) is 12.1 Å². The molecule has 5 rings (SSSR count). The monoisotopic (exact) mass is 319 g/mol. The Morgan fingerprint density at radius 1 is 1.04 bits per heavy atom. The van der Waals surface area contributed by atoms with Crippen LogP contribution < -0.4 is 4.90 Å². The molecule has 0 saturated carbocycles. The Morgan fingerprint density at radius 2 is 1.96 bits per heavy atom. The average molecular weight is 319 g/mol. The molecule has 4 aromatic rings. The molecule has 3 heterocycles. The summed E-state index contributed by atoms with van der Waals surface area (Å²) in [6, 6.07) is 12.9. The molecule has 2 aromatic carbocycles. The summed E-state index contributed by atoms with van der Waals surface area (Å²) < 4.78 is 19.4. The van der Waals surface area contributed by atoms with Gasteiger partial charge in [0, 0.05) is 18.5 Å². The number of rotatable bonds is 1. The van der Waals surface area contributed by atoms with Crippen molar-refractivity contribution in [2.75, 3.05) is 11.4 Å². The molecular formula is C19H14FN3O. The SMILES string of the molecule is Fc1ccc2c(c1)CCN(c1ncnc3c1oc1ccccc13)C2. The van der Waals surface area contributed by atoms with Crippen molar-refractivity contribution in [3.05, 3.63) is 65.7 Å². The van der Waals surface area contributed by atoms with Gasteiger partial charge in [-0.2, -0.15) is 0 Å². The lowest BCUT2D eigenvalue weighted by molar-refractivity contribution is 0.617. The summed E-state index contributed by atoms with van der Waals surface area (Å²) in [7, 11) is 0. The minimum atomic E-state index is -0.177. The second kappa shape index (κ2) is 5.03. The van der Waals surface area contributed by atoms with Crippen molar-refractivity contribution in [3.63, 3.8) is 0 Å². The fourth-order valence-electron chi connectivity index (χ4n) is 3.44. The molecule has 0 aliphatic carbocycles. The summed E-state index contributed by atoms with van der Waals surface area (Å²) in [5.41, 5.74) is 4.56. The molecule has 1 aliphatic heterocycles. The van der Waals surface area contributed by atoms with Crippen LogP contribution in [0.3, 0.4) is 0 Å². The molecule has 24 heavy (non-hydrogen) atoms. The van der Waals surface area contributed by atoms with E-state index in [1.807, 2.05) is 30.3 Å². The molecule has 0 spiro atoms. The van der Waals surface area contributed by atoms with E-state index in [1.54, 1.807) is 12.4 Å². The van der Waals surface area contributed by atoms with Crippen LogP contribution in [0.5, 0.6) is 0 Å². The number of fused-ring (bicyclic) bond motifs is 4. The van der Waals surface area contributed by atoms with E-state index in [9.17, 15) is 4.39 Å². The van der Waals surface area contributed by atoms with Crippen LogP contribution in [-0.4, -0.2) is 16.5 Å². The van der Waals surface area contributed by atoms with Crippen molar-refractivity contribution >= 4 is 27.9 Å². The zero-order valence-corrected chi connectivity index (χ0v) is 12.9. The van der Waals surface area contributed by atoms with Crippen LogP contribution in [0.1, 0.15) is 11.1 Å². The Balaban J connectivity index is 1.63. The molecular weight excluding hydrogens is 305 g/mol. The first-order chi connectivity index (χ1) is 11.8. The number of halogens is 1. The van der Waals surface area contributed by atoms with Crippen LogP contribution in [0, 0.1) is 5.82 Å². The quantitative estimate of drug-likeness (QED) is 0.530. The number of hydrogen-bond donors (Lipinski definition) is 0. The zero-order valence-electron chi connectivity index (χ0n) is 12.9. The van der Waals surface area contributed by atoms with Crippen molar-refractivity contribution in [1.82, 2.24) is 9.97 Å². The van der Waals surface area contributed by atoms with Crippen LogP contribution in [0.15, 0.2) is 53.2 Å². The number of para-hydroxylation sites is 1. The summed E-state index contributed by atoms with van der Waals surface area (Å²) in [5, 5.41) is 0.996. The minimum absolute atomic E-state index is 0.177. The third kappa shape index (κ3) is 1.98. The predicted octanol–water partition coefficient (Wildman–Crippen LogP) is 4.08. The molecule has 0 radical (unpaired) electrons. The third-order valence-electron chi connectivity index (χ3n) is 4.62. The average Bonchev–Trinajstić information content (AvgIpc) is 3.00. The molecule has 1 aliphatic rings. The lowest BCUT2D eigenvalue weighted by Gasteiger charge is -2.29. The summed E-state index contributed by atoms with van der Waals surface area (Å²) in [6.45, 7) is 1.47. The Morgan fingerprint density at radius 3 is 2.92 bits per heavy atom. The largest absolute Gasteiger partial charge is 0.450 e. The maximum absolute atomic E-state index is 13.4. The number of aromatic nitrogens is 2. The Bertz CT molecular complexity index is 1070. The fraction of sp³-hybridized carbons (Fsp3) is 0.158. The minimum Gasteiger partial charge on any atom is -0.450 e. The second-order valence-electron chi connectivity index (χ2n) is 6.06. The normalized spacial score (nSPS) is 14.3. The van der Waals surface area contributed by atoms with Crippen molar-refractivity contribution < 1.29 is 8.81 Å². The predicted molar refractivity (Wildman–Crippen MR) is 90.5 cm³/mol. The second-order valence-corrected chi connectivity index (χ2v) is 6.06. The van der Waals surface area contributed by atoms with E-state index in [4.69, 9.17) is 4.42 Å². The molecule has 0 amide bonds. The highest BCUT2D eigenvalue weighted by Crippen LogP contribution is 2.34. The fourth-order valence-corrected chi connectivity index (χ4v) is 3.44. The number of furan rings is 1. The zero-order chi connectivity index (χ0) is 16.1. The van der Waals surface area contributed by atoms with E-state index in [0.717, 1.165) is 46.4 Å². The first-order valence-corrected chi connectivity index (χ1v) is 7.94. The van der Waals surface area contributed by atoms with Crippen LogP contribution in [-0.2, 0) is 13.0 Å². The number of hydrogen-bond acceptors (Lipinski definition) is 4. The van der Waals surface area contributed by atoms with Gasteiger partial charge in [-0.3, -0.25) is 0 Å². The van der Waals surface area contributed by atoms with Crippen molar-refractivity contribution in [2.24, 2.45) is 0 Å². The number of anilines is 1. The molecule has 118 valence electrons. The van der Waals surface area contributed by atoms with Crippen molar-refractivity contribution in [2.45, 2.75) is 13.0 Å². The van der Waals surface area contributed by atoms with Gasteiger partial charge in [0.2, 0.25) is 0 Å². The van der Waals surface area contributed by atoms with E-state index >= 15 is 0 Å². The highest BCUT2D eigenvalue weighted by Gasteiger charge is 2.22. The van der Waals surface area contributed by atoms with Gasteiger partial charge in [0.15, 0.2) is 11.4 Å². The van der Waals surface area contributed by atoms with E-state index in [2.05, 4.69) is 14.9 Å². The summed E-state index contributed by atoms with van der Waals surface area (Å²) in [5.74, 6) is 0.620. The third-order valence-corrected chi connectivity index (χ3v) is 4.62. The summed E-state index contributed by atoms with van der Waals surface area (Å²) in [4.78, 5) is 11.0. The first kappa shape index (κ1) is 13.5. The highest BCUT2D eigenvalue weighted by molar-refractivity contribution is 6.05. The van der Waals surface area contributed by atoms with E-state index in [-0.39, 0.29) is 5.82 Å². The molecule has 0 saturated heterocycles. The van der Waals surface area contributed by atoms with Gasteiger partial charge < -0.3 is 9.32 Å². The van der Waals surface area contributed by atoms with Crippen LogP contribution in [0.4, 0.5) is 10.2 Å². The molecule has 0 bridgehead atoms. The first-order valence-electron chi connectivity index (χ1n) is 7.94. The molecule has 0 fully saturated rings. The lowest BCUT2D eigenvalue weighted by atomic mass is 9.99. The number of benzene rings is 2. The van der Waals surface area contributed by atoms with Gasteiger partial charge >= 0.3 is 0 Å². The molecule has 5 heteroatoms. The lowest BCUT2D eigenvalue weighted by Crippen LogP contribution is -2.31. The Hall–Kier alpha value is -2.95. The summed E-state index contributed by atoms with van der Waals surface area (Å²) in [6.07, 6.45) is 2.37. The van der Waals surface area contributed by atoms with Gasteiger partial charge in [-0.25, -0.2) is 14.4 Å². The maximum Gasteiger partial charge on any atom is 0.196 e. The molecule has 0 N–H and O–H groups in total. The van der Waals surface area contributed by atoms with Crippen LogP contribution in [0.25, 0.3) is 22.1 Å². The topological polar surface area (TPSA) is 42.2 Å².